The van der Waals surface area contributed by atoms with E-state index in [1.807, 2.05) is 18.2 Å². The summed E-state index contributed by atoms with van der Waals surface area (Å²) in [5.41, 5.74) is 10.9. The topological polar surface area (TPSA) is 123 Å². The molecule has 1 aromatic carbocycles. The molecule has 0 heterocycles. The first-order valence-electron chi connectivity index (χ1n) is 5.35. The Hall–Kier alpha value is -2.44. The second kappa shape index (κ2) is 7.00. The summed E-state index contributed by atoms with van der Waals surface area (Å²) in [7, 11) is 0. The van der Waals surface area contributed by atoms with Crippen molar-refractivity contribution in [2.75, 3.05) is 11.9 Å². The number of benzene rings is 1. The maximum absolute atomic E-state index is 11.0. The quantitative estimate of drug-likeness (QED) is 0.237. The standard InChI is InChI=1S/C11H16N4O3/c12-11(13)15-18-7-6-9(10(16)17)14-8-4-2-1-3-5-8/h1-5,9,14H,6-7H2,(H,16,17)(H4,12,13,15). The number of nitrogens with two attached hydrogens (primary N) is 2. The van der Waals surface area contributed by atoms with Gasteiger partial charge in [0.25, 0.3) is 0 Å². The monoisotopic (exact) mass is 252 g/mol. The van der Waals surface area contributed by atoms with E-state index in [0.717, 1.165) is 5.69 Å². The Balaban J connectivity index is 2.46. The zero-order valence-corrected chi connectivity index (χ0v) is 9.74. The lowest BCUT2D eigenvalue weighted by atomic mass is 10.2. The molecule has 0 radical (unpaired) electrons. The predicted molar refractivity (Wildman–Crippen MR) is 67.9 cm³/mol. The highest BCUT2D eigenvalue weighted by Crippen LogP contribution is 2.09. The molecule has 6 N–H and O–H groups in total. The lowest BCUT2D eigenvalue weighted by molar-refractivity contribution is -0.138. The van der Waals surface area contributed by atoms with E-state index >= 15 is 0 Å². The van der Waals surface area contributed by atoms with Crippen LogP contribution in [0.2, 0.25) is 0 Å². The summed E-state index contributed by atoms with van der Waals surface area (Å²) >= 11 is 0. The number of anilines is 1. The molecule has 1 atom stereocenters. The first kappa shape index (κ1) is 13.6. The van der Waals surface area contributed by atoms with Gasteiger partial charge in [-0.2, -0.15) is 0 Å². The maximum Gasteiger partial charge on any atom is 0.326 e. The third-order valence-electron chi connectivity index (χ3n) is 2.08. The van der Waals surface area contributed by atoms with E-state index in [1.54, 1.807) is 12.1 Å². The van der Waals surface area contributed by atoms with E-state index in [0.29, 0.717) is 0 Å². The highest BCUT2D eigenvalue weighted by molar-refractivity contribution is 5.77. The number of carboxylic acids is 1. The molecule has 0 saturated heterocycles. The van der Waals surface area contributed by atoms with Gasteiger partial charge in [0.05, 0.1) is 0 Å². The highest BCUT2D eigenvalue weighted by atomic mass is 16.6. The number of nitrogens with one attached hydrogen (secondary N) is 1. The fourth-order valence-electron chi connectivity index (χ4n) is 1.28. The zero-order valence-electron chi connectivity index (χ0n) is 9.74. The largest absolute Gasteiger partial charge is 0.480 e. The average Bonchev–Trinajstić information content (AvgIpc) is 2.33. The first-order valence-corrected chi connectivity index (χ1v) is 5.35. The van der Waals surface area contributed by atoms with Crippen molar-refractivity contribution in [2.24, 2.45) is 16.6 Å². The van der Waals surface area contributed by atoms with Crippen molar-refractivity contribution in [1.82, 2.24) is 0 Å². The van der Waals surface area contributed by atoms with Crippen LogP contribution < -0.4 is 16.8 Å². The SMILES string of the molecule is NC(N)=NOCCC(Nc1ccccc1)C(=O)O. The lowest BCUT2D eigenvalue weighted by Gasteiger charge is -2.14. The number of nitrogens with zero attached hydrogens (tertiary/aromatic N) is 1. The zero-order chi connectivity index (χ0) is 13.4. The van der Waals surface area contributed by atoms with Gasteiger partial charge >= 0.3 is 5.97 Å². The Bertz CT molecular complexity index is 404. The first-order chi connectivity index (χ1) is 8.59. The molecule has 1 rings (SSSR count). The van der Waals surface area contributed by atoms with Crippen molar-refractivity contribution in [3.05, 3.63) is 30.3 Å². The van der Waals surface area contributed by atoms with E-state index in [-0.39, 0.29) is 19.0 Å². The number of carboxylic acid groups (broad SMARTS) is 1. The van der Waals surface area contributed by atoms with E-state index in [4.69, 9.17) is 21.4 Å². The van der Waals surface area contributed by atoms with Gasteiger partial charge in [0, 0.05) is 12.1 Å². The minimum atomic E-state index is -0.966. The maximum atomic E-state index is 11.0. The summed E-state index contributed by atoms with van der Waals surface area (Å²) in [6, 6.07) is 8.29. The van der Waals surface area contributed by atoms with Crippen LogP contribution in [0.1, 0.15) is 6.42 Å². The summed E-state index contributed by atoms with van der Waals surface area (Å²) < 4.78 is 0. The summed E-state index contributed by atoms with van der Waals surface area (Å²) in [6.07, 6.45) is 0.237. The molecule has 0 bridgehead atoms. The highest BCUT2D eigenvalue weighted by Gasteiger charge is 2.16. The number of guanidine groups is 1. The van der Waals surface area contributed by atoms with Crippen LogP contribution in [-0.2, 0) is 9.63 Å². The van der Waals surface area contributed by atoms with Crippen LogP contribution >= 0.6 is 0 Å². The van der Waals surface area contributed by atoms with Gasteiger partial charge in [-0.15, -0.1) is 0 Å². The summed E-state index contributed by atoms with van der Waals surface area (Å²) in [6.45, 7) is 0.106. The van der Waals surface area contributed by atoms with E-state index in [9.17, 15) is 4.79 Å². The Kier molecular flexibility index (Phi) is 5.30. The number of oxime groups is 1. The molecule has 7 nitrogen and oxygen atoms in total. The molecule has 0 aliphatic heterocycles. The Morgan fingerprint density at radius 3 is 2.61 bits per heavy atom. The smallest absolute Gasteiger partial charge is 0.326 e. The second-order valence-electron chi connectivity index (χ2n) is 3.54. The number of para-hydroxylation sites is 1. The van der Waals surface area contributed by atoms with E-state index < -0.39 is 12.0 Å². The average molecular weight is 252 g/mol. The lowest BCUT2D eigenvalue weighted by Crippen LogP contribution is -2.30. The van der Waals surface area contributed by atoms with E-state index in [2.05, 4.69) is 10.5 Å². The fourth-order valence-corrected chi connectivity index (χ4v) is 1.28. The Morgan fingerprint density at radius 1 is 1.39 bits per heavy atom. The number of aliphatic carboxylic acids is 1. The number of hydrogen-bond acceptors (Lipinski definition) is 4. The molecule has 18 heavy (non-hydrogen) atoms. The van der Waals surface area contributed by atoms with Gasteiger partial charge in [-0.1, -0.05) is 18.2 Å². The van der Waals surface area contributed by atoms with Crippen LogP contribution in [0.25, 0.3) is 0 Å². The number of rotatable bonds is 7. The van der Waals surface area contributed by atoms with Crippen molar-refractivity contribution in [3.8, 4) is 0 Å². The van der Waals surface area contributed by atoms with E-state index in [1.165, 1.54) is 0 Å². The van der Waals surface area contributed by atoms with Crippen LogP contribution in [0.4, 0.5) is 5.69 Å². The molecule has 7 heteroatoms. The van der Waals surface area contributed by atoms with Crippen molar-refractivity contribution in [1.29, 1.82) is 0 Å². The predicted octanol–water partition coefficient (Wildman–Crippen LogP) is 0.147. The molecule has 0 aliphatic carbocycles. The van der Waals surface area contributed by atoms with Crippen molar-refractivity contribution in [2.45, 2.75) is 12.5 Å². The summed E-state index contributed by atoms with van der Waals surface area (Å²) in [4.78, 5) is 15.8. The second-order valence-corrected chi connectivity index (χ2v) is 3.54. The van der Waals surface area contributed by atoms with Crippen molar-refractivity contribution >= 4 is 17.6 Å². The van der Waals surface area contributed by atoms with Crippen LogP contribution in [-0.4, -0.2) is 29.7 Å². The molecule has 1 unspecified atom stereocenters. The minimum absolute atomic E-state index is 0.106. The molecule has 0 aliphatic rings. The van der Waals surface area contributed by atoms with Gasteiger partial charge in [-0.3, -0.25) is 0 Å². The van der Waals surface area contributed by atoms with Crippen LogP contribution in [0, 0.1) is 0 Å². The molecule has 0 aromatic heterocycles. The normalized spacial score (nSPS) is 11.3. The number of carbonyl (C=O) groups is 1. The fraction of sp³-hybridized carbons (Fsp3) is 0.273. The Labute approximate surface area is 104 Å². The van der Waals surface area contributed by atoms with Crippen LogP contribution in [0.15, 0.2) is 35.5 Å². The van der Waals surface area contributed by atoms with Gasteiger partial charge in [0.1, 0.15) is 12.6 Å². The number of hydrogen-bond donors (Lipinski definition) is 4. The molecule has 98 valence electrons. The summed E-state index contributed by atoms with van der Waals surface area (Å²) in [5, 5.41) is 15.2. The molecule has 0 fully saturated rings. The van der Waals surface area contributed by atoms with Crippen molar-refractivity contribution in [3.63, 3.8) is 0 Å². The molecule has 0 amide bonds. The van der Waals surface area contributed by atoms with Crippen LogP contribution in [0.3, 0.4) is 0 Å². The van der Waals surface area contributed by atoms with Gasteiger partial charge in [-0.05, 0) is 17.3 Å². The molecular weight excluding hydrogens is 236 g/mol. The van der Waals surface area contributed by atoms with Gasteiger partial charge in [-0.25, -0.2) is 4.79 Å². The Morgan fingerprint density at radius 2 is 2.06 bits per heavy atom. The van der Waals surface area contributed by atoms with Crippen LogP contribution in [0.5, 0.6) is 0 Å². The van der Waals surface area contributed by atoms with Crippen molar-refractivity contribution < 1.29 is 14.7 Å². The molecular formula is C11H16N4O3. The van der Waals surface area contributed by atoms with Gasteiger partial charge < -0.3 is 26.7 Å². The third-order valence-corrected chi connectivity index (χ3v) is 2.08. The van der Waals surface area contributed by atoms with Gasteiger partial charge in [0.2, 0.25) is 5.96 Å². The molecule has 0 saturated carbocycles. The third kappa shape index (κ3) is 5.06. The summed E-state index contributed by atoms with van der Waals surface area (Å²) in [5.74, 6) is -1.16. The molecule has 1 aromatic rings. The molecule has 0 spiro atoms. The van der Waals surface area contributed by atoms with Gasteiger partial charge in [0.15, 0.2) is 0 Å². The minimum Gasteiger partial charge on any atom is -0.480 e.